The summed E-state index contributed by atoms with van der Waals surface area (Å²) in [5, 5.41) is 16.8. The number of carbonyl (C=O) groups excluding carboxylic acids is 1. The fourth-order valence-corrected chi connectivity index (χ4v) is 3.29. The van der Waals surface area contributed by atoms with Crippen LogP contribution in [-0.2, 0) is 17.6 Å². The van der Waals surface area contributed by atoms with Gasteiger partial charge < -0.3 is 20.3 Å². The van der Waals surface area contributed by atoms with E-state index in [-0.39, 0.29) is 35.1 Å². The maximum atomic E-state index is 13.0. The van der Waals surface area contributed by atoms with E-state index in [1.807, 2.05) is 0 Å². The van der Waals surface area contributed by atoms with E-state index < -0.39 is 17.0 Å². The van der Waals surface area contributed by atoms with Crippen LogP contribution >= 0.6 is 0 Å². The molecule has 1 atom stereocenters. The summed E-state index contributed by atoms with van der Waals surface area (Å²) in [5.74, 6) is -0.727. The van der Waals surface area contributed by atoms with Crippen molar-refractivity contribution in [1.82, 2.24) is 15.3 Å². The Bertz CT molecular complexity index is 1060. The molecule has 0 saturated heterocycles. The van der Waals surface area contributed by atoms with Crippen LogP contribution in [-0.4, -0.2) is 42.0 Å². The Balaban J connectivity index is 1.77. The predicted molar refractivity (Wildman–Crippen MR) is 112 cm³/mol. The normalized spacial score (nSPS) is 11.9. The molecule has 2 aromatic heterocycles. The van der Waals surface area contributed by atoms with Gasteiger partial charge in [0.1, 0.15) is 17.2 Å². The van der Waals surface area contributed by atoms with Crippen LogP contribution in [0.1, 0.15) is 28.9 Å². The standard InChI is InChI=1S/C20H21FN4O4S/c21-14-7-5-13(6-8-14)12-24-20(27)17-18(26)16-15(4-3-10-22-16)19(25-17)23-9-1-2-11-30(28)29/h3-8,10,26H,1-2,9,11-12H2,(H,23,25)(H,24,27)(H,28,29). The molecule has 0 aliphatic rings. The average Bonchev–Trinajstić information content (AvgIpc) is 2.74. The van der Waals surface area contributed by atoms with Crippen molar-refractivity contribution >= 4 is 33.7 Å². The number of aromatic nitrogens is 2. The van der Waals surface area contributed by atoms with Gasteiger partial charge in [-0.15, -0.1) is 0 Å². The van der Waals surface area contributed by atoms with E-state index in [9.17, 15) is 18.5 Å². The van der Waals surface area contributed by atoms with Crippen molar-refractivity contribution in [2.24, 2.45) is 0 Å². The Morgan fingerprint density at radius 3 is 2.67 bits per heavy atom. The van der Waals surface area contributed by atoms with Gasteiger partial charge in [-0.3, -0.25) is 9.78 Å². The molecule has 3 aromatic rings. The second kappa shape index (κ2) is 10.1. The molecule has 0 spiro atoms. The zero-order chi connectivity index (χ0) is 21.5. The fraction of sp³-hybridized carbons (Fsp3) is 0.250. The third-order valence-electron chi connectivity index (χ3n) is 4.35. The predicted octanol–water partition coefficient (Wildman–Crippen LogP) is 2.82. The minimum atomic E-state index is -1.83. The minimum absolute atomic E-state index is 0.140. The average molecular weight is 432 g/mol. The molecule has 1 aromatic carbocycles. The van der Waals surface area contributed by atoms with Gasteiger partial charge >= 0.3 is 0 Å². The van der Waals surface area contributed by atoms with Crippen LogP contribution in [0.25, 0.3) is 10.9 Å². The fourth-order valence-electron chi connectivity index (χ4n) is 2.84. The highest BCUT2D eigenvalue weighted by Crippen LogP contribution is 2.30. The molecule has 4 N–H and O–H groups in total. The molecule has 1 unspecified atom stereocenters. The molecule has 2 heterocycles. The van der Waals surface area contributed by atoms with Crippen LogP contribution in [0.4, 0.5) is 10.2 Å². The van der Waals surface area contributed by atoms with Crippen molar-refractivity contribution in [3.63, 3.8) is 0 Å². The maximum absolute atomic E-state index is 13.0. The van der Waals surface area contributed by atoms with Crippen LogP contribution in [0.3, 0.4) is 0 Å². The molecular weight excluding hydrogens is 411 g/mol. The quantitative estimate of drug-likeness (QED) is 0.303. The largest absolute Gasteiger partial charge is 0.504 e. The van der Waals surface area contributed by atoms with Gasteiger partial charge in [-0.25, -0.2) is 13.6 Å². The second-order valence-electron chi connectivity index (χ2n) is 6.53. The number of amides is 1. The number of unbranched alkanes of at least 4 members (excludes halogenated alkanes) is 1. The number of fused-ring (bicyclic) bond motifs is 1. The van der Waals surface area contributed by atoms with Crippen LogP contribution < -0.4 is 10.6 Å². The van der Waals surface area contributed by atoms with E-state index in [1.165, 1.54) is 18.3 Å². The molecule has 8 nitrogen and oxygen atoms in total. The molecular formula is C20H21FN4O4S. The monoisotopic (exact) mass is 432 g/mol. The molecule has 0 fully saturated rings. The lowest BCUT2D eigenvalue weighted by atomic mass is 10.1. The van der Waals surface area contributed by atoms with Gasteiger partial charge in [0, 0.05) is 30.4 Å². The Morgan fingerprint density at radius 1 is 1.17 bits per heavy atom. The second-order valence-corrected chi connectivity index (χ2v) is 7.58. The summed E-state index contributed by atoms with van der Waals surface area (Å²) in [7, 11) is 0. The number of nitrogens with one attached hydrogen (secondary N) is 2. The van der Waals surface area contributed by atoms with Crippen molar-refractivity contribution < 1.29 is 23.1 Å². The summed E-state index contributed by atoms with van der Waals surface area (Å²) in [6.07, 6.45) is 2.68. The minimum Gasteiger partial charge on any atom is -0.504 e. The van der Waals surface area contributed by atoms with Crippen molar-refractivity contribution in [2.75, 3.05) is 17.6 Å². The lowest BCUT2D eigenvalue weighted by molar-refractivity contribution is 0.0943. The Labute approximate surface area is 174 Å². The molecule has 158 valence electrons. The maximum Gasteiger partial charge on any atom is 0.274 e. The van der Waals surface area contributed by atoms with E-state index in [1.54, 1.807) is 24.3 Å². The third-order valence-corrected chi connectivity index (χ3v) is 4.99. The van der Waals surface area contributed by atoms with Crippen LogP contribution in [0.2, 0.25) is 0 Å². The van der Waals surface area contributed by atoms with E-state index >= 15 is 0 Å². The van der Waals surface area contributed by atoms with Crippen molar-refractivity contribution in [1.29, 1.82) is 0 Å². The Hall–Kier alpha value is -3.11. The van der Waals surface area contributed by atoms with Gasteiger partial charge in [0.05, 0.1) is 0 Å². The highest BCUT2D eigenvalue weighted by atomic mass is 32.2. The van der Waals surface area contributed by atoms with E-state index in [2.05, 4.69) is 20.6 Å². The number of hydrogen-bond acceptors (Lipinski definition) is 6. The summed E-state index contributed by atoms with van der Waals surface area (Å²) in [4.78, 5) is 21.1. The highest BCUT2D eigenvalue weighted by Gasteiger charge is 2.19. The van der Waals surface area contributed by atoms with Gasteiger partial charge in [0.15, 0.2) is 22.5 Å². The smallest absolute Gasteiger partial charge is 0.274 e. The van der Waals surface area contributed by atoms with Crippen LogP contribution in [0.15, 0.2) is 42.6 Å². The number of rotatable bonds is 9. The van der Waals surface area contributed by atoms with Gasteiger partial charge in [0.25, 0.3) is 5.91 Å². The van der Waals surface area contributed by atoms with Crippen LogP contribution in [0.5, 0.6) is 5.75 Å². The number of anilines is 1. The van der Waals surface area contributed by atoms with E-state index in [0.717, 1.165) is 0 Å². The number of aromatic hydroxyl groups is 1. The Kier molecular flexibility index (Phi) is 7.26. The first kappa shape index (κ1) is 21.6. The molecule has 0 bridgehead atoms. The number of pyridine rings is 2. The lowest BCUT2D eigenvalue weighted by Crippen LogP contribution is -2.24. The number of hydrogen-bond donors (Lipinski definition) is 4. The zero-order valence-corrected chi connectivity index (χ0v) is 16.8. The molecule has 30 heavy (non-hydrogen) atoms. The summed E-state index contributed by atoms with van der Waals surface area (Å²) in [6, 6.07) is 9.11. The zero-order valence-electron chi connectivity index (χ0n) is 16.0. The molecule has 3 rings (SSSR count). The van der Waals surface area contributed by atoms with Gasteiger partial charge in [-0.05, 0) is 42.7 Å². The molecule has 0 saturated carbocycles. The SMILES string of the molecule is O=C(NCc1ccc(F)cc1)c1nc(NCCCCS(=O)O)c2cccnc2c1O. The first-order valence-electron chi connectivity index (χ1n) is 9.27. The van der Waals surface area contributed by atoms with Gasteiger partial charge in [-0.1, -0.05) is 12.1 Å². The summed E-state index contributed by atoms with van der Waals surface area (Å²) < 4.78 is 32.6. The highest BCUT2D eigenvalue weighted by molar-refractivity contribution is 7.79. The molecule has 0 aliphatic heterocycles. The van der Waals surface area contributed by atoms with Crippen LogP contribution in [0, 0.1) is 5.82 Å². The van der Waals surface area contributed by atoms with Crippen molar-refractivity contribution in [3.8, 4) is 5.75 Å². The first-order chi connectivity index (χ1) is 14.5. The first-order valence-corrected chi connectivity index (χ1v) is 10.5. The lowest BCUT2D eigenvalue weighted by Gasteiger charge is -2.13. The third kappa shape index (κ3) is 5.49. The summed E-state index contributed by atoms with van der Waals surface area (Å²) in [6.45, 7) is 0.608. The van der Waals surface area contributed by atoms with Crippen molar-refractivity contribution in [2.45, 2.75) is 19.4 Å². The number of nitrogens with zero attached hydrogens (tertiary/aromatic N) is 2. The molecule has 10 heteroatoms. The van der Waals surface area contributed by atoms with E-state index in [0.29, 0.717) is 36.2 Å². The topological polar surface area (TPSA) is 124 Å². The molecule has 0 radical (unpaired) electrons. The van der Waals surface area contributed by atoms with Gasteiger partial charge in [-0.2, -0.15) is 0 Å². The number of benzene rings is 1. The van der Waals surface area contributed by atoms with E-state index in [4.69, 9.17) is 4.55 Å². The molecule has 1 amide bonds. The number of carbonyl (C=O) groups is 1. The Morgan fingerprint density at radius 2 is 1.93 bits per heavy atom. The van der Waals surface area contributed by atoms with Crippen molar-refractivity contribution in [3.05, 3.63) is 59.7 Å². The van der Waals surface area contributed by atoms with Gasteiger partial charge in [0.2, 0.25) is 0 Å². The summed E-state index contributed by atoms with van der Waals surface area (Å²) in [5.41, 5.74) is 0.753. The molecule has 0 aliphatic carbocycles. The summed E-state index contributed by atoms with van der Waals surface area (Å²) >= 11 is -1.83. The number of halogens is 1.